The van der Waals surface area contributed by atoms with Crippen molar-refractivity contribution in [2.24, 2.45) is 5.92 Å². The third-order valence-electron chi connectivity index (χ3n) is 3.43. The summed E-state index contributed by atoms with van der Waals surface area (Å²) in [6.07, 6.45) is 1.95. The molecule has 98 valence electrons. The van der Waals surface area contributed by atoms with E-state index in [0.29, 0.717) is 12.3 Å². The molecule has 2 atom stereocenters. The Hall–Kier alpha value is -1.10. The number of carbonyl (C=O) groups is 2. The number of likely N-dealkylation sites (tertiary alicyclic amines) is 1. The number of nitrogens with zero attached hydrogens (tertiary/aromatic N) is 2. The first kappa shape index (κ1) is 14.0. The summed E-state index contributed by atoms with van der Waals surface area (Å²) in [6.45, 7) is 3.65. The highest BCUT2D eigenvalue weighted by Gasteiger charge is 2.30. The van der Waals surface area contributed by atoms with Gasteiger partial charge in [-0.2, -0.15) is 0 Å². The van der Waals surface area contributed by atoms with Gasteiger partial charge in [0.05, 0.1) is 6.04 Å². The van der Waals surface area contributed by atoms with Crippen LogP contribution in [0.4, 0.5) is 0 Å². The van der Waals surface area contributed by atoms with Gasteiger partial charge in [0.25, 0.3) is 0 Å². The van der Waals surface area contributed by atoms with Crippen molar-refractivity contribution in [3.8, 4) is 0 Å². The van der Waals surface area contributed by atoms with Crippen molar-refractivity contribution in [1.29, 1.82) is 0 Å². The second-order valence-corrected chi connectivity index (χ2v) is 4.99. The van der Waals surface area contributed by atoms with Gasteiger partial charge in [-0.15, -0.1) is 0 Å². The van der Waals surface area contributed by atoms with E-state index in [9.17, 15) is 9.59 Å². The summed E-state index contributed by atoms with van der Waals surface area (Å²) >= 11 is 0. The van der Waals surface area contributed by atoms with Crippen LogP contribution in [0.1, 0.15) is 26.2 Å². The molecular weight excluding hydrogens is 220 g/mol. The fraction of sp³-hybridized carbons (Fsp3) is 0.833. The van der Waals surface area contributed by atoms with E-state index in [2.05, 4.69) is 4.90 Å². The third kappa shape index (κ3) is 4.00. The van der Waals surface area contributed by atoms with Crippen molar-refractivity contribution in [2.75, 3.05) is 27.2 Å². The van der Waals surface area contributed by atoms with E-state index < -0.39 is 5.97 Å². The molecule has 1 amide bonds. The number of carboxylic acid groups (broad SMARTS) is 1. The number of aliphatic carboxylic acids is 1. The Morgan fingerprint density at radius 3 is 2.65 bits per heavy atom. The molecule has 1 aliphatic heterocycles. The van der Waals surface area contributed by atoms with E-state index in [-0.39, 0.29) is 18.4 Å². The third-order valence-corrected chi connectivity index (χ3v) is 3.43. The zero-order valence-electron chi connectivity index (χ0n) is 10.8. The number of hydrogen-bond acceptors (Lipinski definition) is 3. The van der Waals surface area contributed by atoms with Crippen LogP contribution in [-0.2, 0) is 9.59 Å². The van der Waals surface area contributed by atoms with Crippen molar-refractivity contribution in [1.82, 2.24) is 9.80 Å². The van der Waals surface area contributed by atoms with Gasteiger partial charge in [0.1, 0.15) is 0 Å². The van der Waals surface area contributed by atoms with Crippen LogP contribution >= 0.6 is 0 Å². The topological polar surface area (TPSA) is 60.9 Å². The lowest BCUT2D eigenvalue weighted by molar-refractivity contribution is -0.137. The molecule has 0 radical (unpaired) electrons. The largest absolute Gasteiger partial charge is 0.481 e. The van der Waals surface area contributed by atoms with Gasteiger partial charge in [0, 0.05) is 27.1 Å². The first-order valence-electron chi connectivity index (χ1n) is 6.08. The van der Waals surface area contributed by atoms with Crippen molar-refractivity contribution >= 4 is 11.9 Å². The minimum absolute atomic E-state index is 0.0974. The standard InChI is InChI=1S/C12H22N2O3/c1-9(12(17)13(2)3)14-7-6-10(8-14)4-5-11(15)16/h9-10H,4-8H2,1-3H3,(H,15,16). The van der Waals surface area contributed by atoms with Gasteiger partial charge in [-0.3, -0.25) is 14.5 Å². The van der Waals surface area contributed by atoms with E-state index in [1.165, 1.54) is 0 Å². The monoisotopic (exact) mass is 242 g/mol. The molecule has 0 saturated carbocycles. The molecule has 5 heteroatoms. The lowest BCUT2D eigenvalue weighted by Gasteiger charge is -2.26. The summed E-state index contributed by atoms with van der Waals surface area (Å²) in [7, 11) is 3.52. The molecule has 0 aromatic heterocycles. The Labute approximate surface area is 102 Å². The summed E-state index contributed by atoms with van der Waals surface area (Å²) in [4.78, 5) is 26.0. The lowest BCUT2D eigenvalue weighted by Crippen LogP contribution is -2.43. The van der Waals surface area contributed by atoms with Gasteiger partial charge in [-0.25, -0.2) is 0 Å². The number of amides is 1. The molecule has 0 aromatic rings. The normalized spacial score (nSPS) is 22.4. The summed E-state index contributed by atoms with van der Waals surface area (Å²) in [5.41, 5.74) is 0. The minimum Gasteiger partial charge on any atom is -0.481 e. The molecule has 17 heavy (non-hydrogen) atoms. The first-order chi connectivity index (χ1) is 7.91. The maximum Gasteiger partial charge on any atom is 0.303 e. The Bertz CT molecular complexity index is 291. The van der Waals surface area contributed by atoms with Gasteiger partial charge in [0.2, 0.25) is 5.91 Å². The van der Waals surface area contributed by atoms with E-state index in [1.54, 1.807) is 19.0 Å². The summed E-state index contributed by atoms with van der Waals surface area (Å²) in [5.74, 6) is -0.201. The summed E-state index contributed by atoms with van der Waals surface area (Å²) in [5, 5.41) is 8.64. The molecule has 1 heterocycles. The highest BCUT2D eigenvalue weighted by atomic mass is 16.4. The van der Waals surface area contributed by atoms with E-state index in [4.69, 9.17) is 5.11 Å². The minimum atomic E-state index is -0.735. The van der Waals surface area contributed by atoms with Crippen LogP contribution in [0.3, 0.4) is 0 Å². The predicted octanol–water partition coefficient (Wildman–Crippen LogP) is 0.650. The summed E-state index contributed by atoms with van der Waals surface area (Å²) < 4.78 is 0. The Balaban J connectivity index is 2.39. The number of hydrogen-bond donors (Lipinski definition) is 1. The fourth-order valence-electron chi connectivity index (χ4n) is 2.31. The van der Waals surface area contributed by atoms with Crippen LogP contribution in [0.5, 0.6) is 0 Å². The zero-order chi connectivity index (χ0) is 13.0. The molecule has 1 fully saturated rings. The number of carboxylic acids is 1. The van der Waals surface area contributed by atoms with Crippen molar-refractivity contribution in [3.05, 3.63) is 0 Å². The predicted molar refractivity (Wildman–Crippen MR) is 64.7 cm³/mol. The van der Waals surface area contributed by atoms with Crippen LogP contribution < -0.4 is 0 Å². The molecular formula is C12H22N2O3. The van der Waals surface area contributed by atoms with Crippen LogP contribution in [0.2, 0.25) is 0 Å². The quantitative estimate of drug-likeness (QED) is 0.769. The molecule has 0 aliphatic carbocycles. The van der Waals surface area contributed by atoms with Crippen molar-refractivity contribution in [2.45, 2.75) is 32.2 Å². The first-order valence-corrected chi connectivity index (χ1v) is 6.08. The molecule has 0 bridgehead atoms. The highest BCUT2D eigenvalue weighted by Crippen LogP contribution is 2.23. The van der Waals surface area contributed by atoms with Gasteiger partial charge >= 0.3 is 5.97 Å². The molecule has 0 spiro atoms. The Morgan fingerprint density at radius 2 is 2.12 bits per heavy atom. The molecule has 1 N–H and O–H groups in total. The highest BCUT2D eigenvalue weighted by molar-refractivity contribution is 5.80. The molecule has 5 nitrogen and oxygen atoms in total. The van der Waals surface area contributed by atoms with E-state index in [0.717, 1.165) is 19.5 Å². The van der Waals surface area contributed by atoms with Gasteiger partial charge in [-0.05, 0) is 32.2 Å². The van der Waals surface area contributed by atoms with Crippen molar-refractivity contribution in [3.63, 3.8) is 0 Å². The van der Waals surface area contributed by atoms with Crippen LogP contribution in [-0.4, -0.2) is 60.0 Å². The SMILES string of the molecule is CC(C(=O)N(C)C)N1CCC(CCC(=O)O)C1. The van der Waals surface area contributed by atoms with Gasteiger partial charge < -0.3 is 10.0 Å². The zero-order valence-corrected chi connectivity index (χ0v) is 10.8. The maximum absolute atomic E-state index is 11.8. The molecule has 0 aromatic carbocycles. The average molecular weight is 242 g/mol. The van der Waals surface area contributed by atoms with Gasteiger partial charge in [0.15, 0.2) is 0 Å². The van der Waals surface area contributed by atoms with Crippen LogP contribution in [0.15, 0.2) is 0 Å². The molecule has 1 aliphatic rings. The Morgan fingerprint density at radius 1 is 1.47 bits per heavy atom. The van der Waals surface area contributed by atoms with Gasteiger partial charge in [-0.1, -0.05) is 0 Å². The van der Waals surface area contributed by atoms with Crippen molar-refractivity contribution < 1.29 is 14.7 Å². The summed E-state index contributed by atoms with van der Waals surface area (Å²) in [6, 6.07) is -0.0974. The maximum atomic E-state index is 11.8. The average Bonchev–Trinajstić information content (AvgIpc) is 2.72. The second-order valence-electron chi connectivity index (χ2n) is 4.99. The van der Waals surface area contributed by atoms with E-state index in [1.807, 2.05) is 6.92 Å². The number of likely N-dealkylation sites (N-methyl/N-ethyl adjacent to an activating group) is 1. The molecule has 1 saturated heterocycles. The smallest absolute Gasteiger partial charge is 0.303 e. The number of carbonyl (C=O) groups excluding carboxylic acids is 1. The fourth-order valence-corrected chi connectivity index (χ4v) is 2.31. The molecule has 1 rings (SSSR count). The van der Waals surface area contributed by atoms with E-state index >= 15 is 0 Å². The van der Waals surface area contributed by atoms with Crippen LogP contribution in [0.25, 0.3) is 0 Å². The lowest BCUT2D eigenvalue weighted by atomic mass is 10.0. The Kier molecular flexibility index (Phi) is 4.93. The molecule has 2 unspecified atom stereocenters. The number of rotatable bonds is 5. The second kappa shape index (κ2) is 6.00. The van der Waals surface area contributed by atoms with Crippen LogP contribution in [0, 0.1) is 5.92 Å².